The van der Waals surface area contributed by atoms with Crippen LogP contribution in [0, 0.1) is 13.8 Å². The highest BCUT2D eigenvalue weighted by Crippen LogP contribution is 2.37. The molecule has 0 aliphatic carbocycles. The van der Waals surface area contributed by atoms with Gasteiger partial charge in [0.05, 0.1) is 30.9 Å². The molecule has 2 N–H and O–H groups in total. The maximum Gasteiger partial charge on any atom is 0.419 e. The second-order valence-electron chi connectivity index (χ2n) is 9.62. The van der Waals surface area contributed by atoms with Crippen molar-refractivity contribution < 1.29 is 27.4 Å². The van der Waals surface area contributed by atoms with Crippen molar-refractivity contribution in [3.8, 4) is 5.75 Å². The number of hydrogen-bond donors (Lipinski definition) is 1. The second-order valence-corrected chi connectivity index (χ2v) is 9.62. The minimum Gasteiger partial charge on any atom is -0.493 e. The molecule has 33 heavy (non-hydrogen) atoms. The van der Waals surface area contributed by atoms with E-state index in [0.717, 1.165) is 18.1 Å². The zero-order valence-electron chi connectivity index (χ0n) is 19.8. The third kappa shape index (κ3) is 7.45. The highest BCUT2D eigenvalue weighted by atomic mass is 19.4. The Labute approximate surface area is 194 Å². The van der Waals surface area contributed by atoms with Crippen LogP contribution in [-0.2, 0) is 28.5 Å². The van der Waals surface area contributed by atoms with Crippen LogP contribution >= 0.6 is 0 Å². The van der Waals surface area contributed by atoms with Crippen LogP contribution in [0.25, 0.3) is 0 Å². The van der Waals surface area contributed by atoms with Gasteiger partial charge in [0.1, 0.15) is 5.75 Å². The monoisotopic (exact) mass is 465 g/mol. The van der Waals surface area contributed by atoms with Gasteiger partial charge in [-0.3, -0.25) is 0 Å². The van der Waals surface area contributed by atoms with Crippen molar-refractivity contribution >= 4 is 0 Å². The maximum atomic E-state index is 13.7. The fraction of sp³-hybridized carbons (Fsp3) is 0.538. The number of halogens is 3. The van der Waals surface area contributed by atoms with Gasteiger partial charge in [-0.25, -0.2) is 0 Å². The van der Waals surface area contributed by atoms with Crippen molar-refractivity contribution in [2.75, 3.05) is 19.8 Å². The predicted molar refractivity (Wildman–Crippen MR) is 122 cm³/mol. The third-order valence-electron chi connectivity index (χ3n) is 5.82. The Morgan fingerprint density at radius 1 is 0.939 bits per heavy atom. The largest absolute Gasteiger partial charge is 0.493 e. The molecule has 0 saturated carbocycles. The van der Waals surface area contributed by atoms with Crippen LogP contribution in [0.3, 0.4) is 0 Å². The molecule has 1 saturated heterocycles. The summed E-state index contributed by atoms with van der Waals surface area (Å²) >= 11 is 0. The molecule has 0 bridgehead atoms. The van der Waals surface area contributed by atoms with Crippen molar-refractivity contribution in [1.29, 1.82) is 0 Å². The minimum atomic E-state index is -4.50. The fourth-order valence-electron chi connectivity index (χ4n) is 4.01. The van der Waals surface area contributed by atoms with Crippen molar-refractivity contribution in [2.45, 2.75) is 70.9 Å². The molecule has 4 nitrogen and oxygen atoms in total. The molecule has 3 rings (SSSR count). The second kappa shape index (κ2) is 10.0. The Morgan fingerprint density at radius 3 is 2.18 bits per heavy atom. The van der Waals surface area contributed by atoms with E-state index in [9.17, 15) is 13.2 Å². The molecule has 0 radical (unpaired) electrons. The summed E-state index contributed by atoms with van der Waals surface area (Å²) in [6, 6.07) is 10.5. The molecular formula is C26H34F3NO3. The summed E-state index contributed by atoms with van der Waals surface area (Å²) in [6.07, 6.45) is -2.27. The first kappa shape index (κ1) is 25.5. The van der Waals surface area contributed by atoms with E-state index in [2.05, 4.69) is 18.2 Å². The number of hydrogen-bond acceptors (Lipinski definition) is 4. The highest BCUT2D eigenvalue weighted by molar-refractivity contribution is 5.39. The first-order chi connectivity index (χ1) is 15.4. The predicted octanol–water partition coefficient (Wildman–Crippen LogP) is 5.75. The number of alkyl halides is 3. The molecule has 1 fully saturated rings. The van der Waals surface area contributed by atoms with Gasteiger partial charge in [-0.05, 0) is 76.6 Å². The van der Waals surface area contributed by atoms with E-state index < -0.39 is 23.1 Å². The van der Waals surface area contributed by atoms with E-state index in [1.807, 2.05) is 27.7 Å². The quantitative estimate of drug-likeness (QED) is 0.505. The van der Waals surface area contributed by atoms with Gasteiger partial charge in [-0.15, -0.1) is 0 Å². The number of aryl methyl sites for hydroxylation is 4. The van der Waals surface area contributed by atoms with Crippen LogP contribution in [0.2, 0.25) is 0 Å². The van der Waals surface area contributed by atoms with Gasteiger partial charge in [0.15, 0.2) is 5.79 Å². The summed E-state index contributed by atoms with van der Waals surface area (Å²) in [5.74, 6) is -0.830. The Balaban J connectivity index is 1.59. The molecule has 2 aromatic rings. The van der Waals surface area contributed by atoms with Gasteiger partial charge in [0.2, 0.25) is 0 Å². The summed E-state index contributed by atoms with van der Waals surface area (Å²) < 4.78 is 57.9. The maximum absolute atomic E-state index is 13.7. The highest BCUT2D eigenvalue weighted by Gasteiger charge is 2.38. The smallest absolute Gasteiger partial charge is 0.419 e. The van der Waals surface area contributed by atoms with Crippen molar-refractivity contribution in [3.05, 3.63) is 64.2 Å². The lowest BCUT2D eigenvalue weighted by atomic mass is 9.92. The molecular weight excluding hydrogens is 431 g/mol. The van der Waals surface area contributed by atoms with Gasteiger partial charge in [0, 0.05) is 0 Å². The zero-order valence-corrected chi connectivity index (χ0v) is 19.8. The Hall–Kier alpha value is -2.09. The summed E-state index contributed by atoms with van der Waals surface area (Å²) in [7, 11) is 0. The molecule has 0 amide bonds. The lowest BCUT2D eigenvalue weighted by Gasteiger charge is -2.41. The Morgan fingerprint density at radius 2 is 1.58 bits per heavy atom. The van der Waals surface area contributed by atoms with E-state index in [4.69, 9.17) is 19.9 Å². The van der Waals surface area contributed by atoms with Crippen molar-refractivity contribution in [3.63, 3.8) is 0 Å². The number of ether oxygens (including phenoxy) is 3. The fourth-order valence-corrected chi connectivity index (χ4v) is 4.01. The van der Waals surface area contributed by atoms with Crippen LogP contribution in [-0.4, -0.2) is 31.1 Å². The summed E-state index contributed by atoms with van der Waals surface area (Å²) in [5.41, 5.74) is 8.92. The van der Waals surface area contributed by atoms with Crippen LogP contribution in [0.15, 0.2) is 36.4 Å². The van der Waals surface area contributed by atoms with Gasteiger partial charge in [0.25, 0.3) is 0 Å². The molecule has 2 aromatic carbocycles. The molecule has 1 aliphatic heterocycles. The van der Waals surface area contributed by atoms with E-state index in [1.165, 1.54) is 17.2 Å². The number of nitrogens with two attached hydrogens (primary N) is 1. The Bertz CT molecular complexity index is 926. The van der Waals surface area contributed by atoms with Crippen LogP contribution in [0.1, 0.15) is 54.5 Å². The molecule has 1 heterocycles. The average Bonchev–Trinajstić information content (AvgIpc) is 2.71. The van der Waals surface area contributed by atoms with Gasteiger partial charge in [-0.2, -0.15) is 13.2 Å². The van der Waals surface area contributed by atoms with Crippen molar-refractivity contribution in [1.82, 2.24) is 0 Å². The minimum absolute atomic E-state index is 0.139. The first-order valence-electron chi connectivity index (χ1n) is 11.3. The summed E-state index contributed by atoms with van der Waals surface area (Å²) in [4.78, 5) is 0. The Kier molecular flexibility index (Phi) is 7.76. The van der Waals surface area contributed by atoms with Gasteiger partial charge in [-0.1, -0.05) is 35.4 Å². The molecule has 182 valence electrons. The van der Waals surface area contributed by atoms with E-state index in [-0.39, 0.29) is 12.4 Å². The first-order valence-corrected chi connectivity index (χ1v) is 11.3. The molecule has 7 heteroatoms. The number of rotatable bonds is 8. The molecule has 0 atom stereocenters. The summed E-state index contributed by atoms with van der Waals surface area (Å²) in [5, 5.41) is 0. The van der Waals surface area contributed by atoms with Crippen LogP contribution in [0.5, 0.6) is 5.75 Å². The van der Waals surface area contributed by atoms with Crippen LogP contribution < -0.4 is 10.5 Å². The topological polar surface area (TPSA) is 53.7 Å². The molecule has 0 unspecified atom stereocenters. The van der Waals surface area contributed by atoms with Gasteiger partial charge >= 0.3 is 6.18 Å². The van der Waals surface area contributed by atoms with E-state index in [0.29, 0.717) is 38.0 Å². The van der Waals surface area contributed by atoms with Crippen LogP contribution in [0.4, 0.5) is 13.2 Å². The normalized spacial score (nSPS) is 17.7. The van der Waals surface area contributed by atoms with Crippen molar-refractivity contribution in [2.24, 2.45) is 5.73 Å². The van der Waals surface area contributed by atoms with Gasteiger partial charge < -0.3 is 19.9 Å². The third-order valence-corrected chi connectivity index (χ3v) is 5.82. The lowest BCUT2D eigenvalue weighted by molar-refractivity contribution is -0.267. The average molecular weight is 466 g/mol. The zero-order chi connectivity index (χ0) is 24.3. The SMILES string of the molecule is Cc1cc(C)cc(CCCOc2ccc(CCC3(N)COC(C)(C)OC3)cc2C(F)(F)F)c1. The standard InChI is InChI=1S/C26H34F3NO3/c1-18-12-19(2)14-21(13-18)6-5-11-31-23-8-7-20(15-22(23)26(27,28)29)9-10-25(30)16-32-24(3,4)33-17-25/h7-8,12-15H,5-6,9-11,16-17,30H2,1-4H3. The number of benzene rings is 2. The van der Waals surface area contributed by atoms with E-state index in [1.54, 1.807) is 6.07 Å². The van der Waals surface area contributed by atoms with E-state index >= 15 is 0 Å². The lowest BCUT2D eigenvalue weighted by Crippen LogP contribution is -2.57. The molecule has 0 spiro atoms. The summed E-state index contributed by atoms with van der Waals surface area (Å²) in [6.45, 7) is 8.50. The molecule has 1 aliphatic rings. The molecule has 0 aromatic heterocycles.